The second-order valence-electron chi connectivity index (χ2n) is 5.80. The van der Waals surface area contributed by atoms with Crippen molar-refractivity contribution in [3.8, 4) is 0 Å². The first-order valence-electron chi connectivity index (χ1n) is 8.18. The van der Waals surface area contributed by atoms with Gasteiger partial charge in [-0.1, -0.05) is 42.5 Å². The number of benzene rings is 1. The Morgan fingerprint density at radius 2 is 1.96 bits per heavy atom. The summed E-state index contributed by atoms with van der Waals surface area (Å²) in [5, 5.41) is 0. The molecule has 0 aliphatic heterocycles. The predicted octanol–water partition coefficient (Wildman–Crippen LogP) is 4.35. The van der Waals surface area contributed by atoms with E-state index < -0.39 is 0 Å². The summed E-state index contributed by atoms with van der Waals surface area (Å²) in [6, 6.07) is 15.6. The molecule has 0 fully saturated rings. The third-order valence-corrected chi connectivity index (χ3v) is 4.15. The van der Waals surface area contributed by atoms with Gasteiger partial charge in [0.25, 0.3) is 0 Å². The molecule has 2 aromatic rings. The number of hydrogen-bond acceptors (Lipinski definition) is 3. The highest BCUT2D eigenvalue weighted by molar-refractivity contribution is 5.87. The van der Waals surface area contributed by atoms with Crippen molar-refractivity contribution in [2.45, 2.75) is 38.2 Å². The van der Waals surface area contributed by atoms with Crippen LogP contribution in [0, 0.1) is 0 Å². The number of allylic oxidation sites excluding steroid dienone is 1. The van der Waals surface area contributed by atoms with E-state index in [0.29, 0.717) is 5.69 Å². The fourth-order valence-corrected chi connectivity index (χ4v) is 2.92. The number of carbonyl (C=O) groups is 1. The first kappa shape index (κ1) is 15.5. The second-order valence-corrected chi connectivity index (χ2v) is 5.80. The number of rotatable bonds is 6. The second kappa shape index (κ2) is 7.73. The lowest BCUT2D eigenvalue weighted by atomic mass is 10.0. The van der Waals surface area contributed by atoms with Gasteiger partial charge in [-0.25, -0.2) is 9.78 Å². The van der Waals surface area contributed by atoms with Crippen LogP contribution in [0.3, 0.4) is 0 Å². The molecule has 1 heterocycles. The molecule has 3 rings (SSSR count). The molecule has 118 valence electrons. The van der Waals surface area contributed by atoms with Crippen molar-refractivity contribution in [3.63, 3.8) is 0 Å². The molecule has 1 aliphatic rings. The van der Waals surface area contributed by atoms with Crippen molar-refractivity contribution in [1.29, 1.82) is 0 Å². The molecule has 1 atom stereocenters. The van der Waals surface area contributed by atoms with Gasteiger partial charge >= 0.3 is 5.97 Å². The number of carbonyl (C=O) groups excluding carboxylic acids is 1. The number of ether oxygens (including phenoxy) is 1. The van der Waals surface area contributed by atoms with E-state index in [2.05, 4.69) is 23.2 Å². The molecule has 1 aromatic heterocycles. The Labute approximate surface area is 137 Å². The largest absolute Gasteiger partial charge is 0.453 e. The summed E-state index contributed by atoms with van der Waals surface area (Å²) >= 11 is 0. The van der Waals surface area contributed by atoms with Crippen LogP contribution in [-0.4, -0.2) is 17.1 Å². The van der Waals surface area contributed by atoms with Crippen LogP contribution in [0.4, 0.5) is 0 Å². The van der Waals surface area contributed by atoms with Crippen LogP contribution in [0.25, 0.3) is 0 Å². The van der Waals surface area contributed by atoms with E-state index in [-0.39, 0.29) is 12.1 Å². The van der Waals surface area contributed by atoms with Gasteiger partial charge in [-0.2, -0.15) is 0 Å². The number of aromatic nitrogens is 1. The van der Waals surface area contributed by atoms with Gasteiger partial charge in [0, 0.05) is 6.20 Å². The average Bonchev–Trinajstić information content (AvgIpc) is 3.14. The van der Waals surface area contributed by atoms with E-state index in [1.165, 1.54) is 11.1 Å². The number of nitrogens with zero attached hydrogens (tertiary/aromatic N) is 1. The Kier molecular flexibility index (Phi) is 5.20. The van der Waals surface area contributed by atoms with Crippen molar-refractivity contribution >= 4 is 5.97 Å². The number of hydrogen-bond donors (Lipinski definition) is 0. The molecule has 0 N–H and O–H groups in total. The fourth-order valence-electron chi connectivity index (χ4n) is 2.92. The highest BCUT2D eigenvalue weighted by atomic mass is 16.5. The maximum Gasteiger partial charge on any atom is 0.357 e. The standard InChI is InChI=1S/C20H21NO2/c22-20(18-12-6-7-15-21-18)23-19(17-10-4-5-11-17)14-13-16-8-2-1-3-9-16/h1-3,6-10,12,15,19H,4-5,11,13-14H2. The molecule has 0 spiro atoms. The Morgan fingerprint density at radius 1 is 1.13 bits per heavy atom. The van der Waals surface area contributed by atoms with Crippen LogP contribution in [0.1, 0.15) is 41.7 Å². The summed E-state index contributed by atoms with van der Waals surface area (Å²) < 4.78 is 5.77. The zero-order valence-corrected chi connectivity index (χ0v) is 13.2. The van der Waals surface area contributed by atoms with E-state index in [0.717, 1.165) is 32.1 Å². The van der Waals surface area contributed by atoms with Crippen molar-refractivity contribution in [1.82, 2.24) is 4.98 Å². The van der Waals surface area contributed by atoms with Crippen molar-refractivity contribution < 1.29 is 9.53 Å². The first-order chi connectivity index (χ1) is 11.3. The van der Waals surface area contributed by atoms with Gasteiger partial charge < -0.3 is 4.74 Å². The van der Waals surface area contributed by atoms with Crippen LogP contribution in [0.15, 0.2) is 66.4 Å². The van der Waals surface area contributed by atoms with Gasteiger partial charge in [0.15, 0.2) is 0 Å². The van der Waals surface area contributed by atoms with Crippen LogP contribution < -0.4 is 0 Å². The Balaban J connectivity index is 1.67. The fraction of sp³-hybridized carbons (Fsp3) is 0.300. The van der Waals surface area contributed by atoms with Crippen molar-refractivity contribution in [2.24, 2.45) is 0 Å². The minimum atomic E-state index is -0.337. The third kappa shape index (κ3) is 4.28. The van der Waals surface area contributed by atoms with Gasteiger partial charge in [0.2, 0.25) is 0 Å². The molecular weight excluding hydrogens is 286 g/mol. The Morgan fingerprint density at radius 3 is 2.65 bits per heavy atom. The van der Waals surface area contributed by atoms with Gasteiger partial charge in [0.1, 0.15) is 11.8 Å². The van der Waals surface area contributed by atoms with E-state index in [9.17, 15) is 4.79 Å². The van der Waals surface area contributed by atoms with Gasteiger partial charge in [0.05, 0.1) is 0 Å². The van der Waals surface area contributed by atoms with Crippen LogP contribution in [-0.2, 0) is 11.2 Å². The molecule has 3 heteroatoms. The smallest absolute Gasteiger partial charge is 0.357 e. The van der Waals surface area contributed by atoms with E-state index in [1.807, 2.05) is 18.2 Å². The summed E-state index contributed by atoms with van der Waals surface area (Å²) in [6.45, 7) is 0. The molecule has 0 amide bonds. The quantitative estimate of drug-likeness (QED) is 0.588. The number of aryl methyl sites for hydroxylation is 1. The molecule has 1 unspecified atom stereocenters. The normalized spacial score (nSPS) is 15.0. The molecular formula is C20H21NO2. The molecule has 1 aromatic carbocycles. The van der Waals surface area contributed by atoms with E-state index >= 15 is 0 Å². The SMILES string of the molecule is O=C(OC(CCc1ccccc1)C1=CCCC1)c1ccccn1. The van der Waals surface area contributed by atoms with Crippen molar-refractivity contribution in [3.05, 3.63) is 77.6 Å². The van der Waals surface area contributed by atoms with Gasteiger partial charge in [-0.3, -0.25) is 0 Å². The molecule has 0 bridgehead atoms. The van der Waals surface area contributed by atoms with Crippen LogP contribution >= 0.6 is 0 Å². The van der Waals surface area contributed by atoms with E-state index in [4.69, 9.17) is 4.74 Å². The molecule has 23 heavy (non-hydrogen) atoms. The highest BCUT2D eigenvalue weighted by Gasteiger charge is 2.22. The first-order valence-corrected chi connectivity index (χ1v) is 8.18. The van der Waals surface area contributed by atoms with Gasteiger partial charge in [-0.15, -0.1) is 0 Å². The van der Waals surface area contributed by atoms with Crippen LogP contribution in [0.2, 0.25) is 0 Å². The van der Waals surface area contributed by atoms with Gasteiger partial charge in [-0.05, 0) is 55.4 Å². The van der Waals surface area contributed by atoms with Crippen molar-refractivity contribution in [2.75, 3.05) is 0 Å². The lowest BCUT2D eigenvalue weighted by Gasteiger charge is -2.19. The predicted molar refractivity (Wildman–Crippen MR) is 90.1 cm³/mol. The number of pyridine rings is 1. The zero-order valence-electron chi connectivity index (χ0n) is 13.2. The Hall–Kier alpha value is -2.42. The topological polar surface area (TPSA) is 39.2 Å². The third-order valence-electron chi connectivity index (χ3n) is 4.15. The summed E-state index contributed by atoms with van der Waals surface area (Å²) in [5.74, 6) is -0.337. The minimum Gasteiger partial charge on any atom is -0.453 e. The maximum atomic E-state index is 12.3. The molecule has 0 radical (unpaired) electrons. The summed E-state index contributed by atoms with van der Waals surface area (Å²) in [4.78, 5) is 16.4. The average molecular weight is 307 g/mol. The van der Waals surface area contributed by atoms with Crippen LogP contribution in [0.5, 0.6) is 0 Å². The monoisotopic (exact) mass is 307 g/mol. The lowest BCUT2D eigenvalue weighted by Crippen LogP contribution is -2.21. The summed E-state index contributed by atoms with van der Waals surface area (Å²) in [7, 11) is 0. The summed E-state index contributed by atoms with van der Waals surface area (Å²) in [5.41, 5.74) is 2.89. The molecule has 0 saturated carbocycles. The zero-order chi connectivity index (χ0) is 15.9. The minimum absolute atomic E-state index is 0.146. The number of esters is 1. The molecule has 1 aliphatic carbocycles. The maximum absolute atomic E-state index is 12.3. The lowest BCUT2D eigenvalue weighted by molar-refractivity contribution is 0.0348. The molecule has 0 saturated heterocycles. The molecule has 3 nitrogen and oxygen atoms in total. The highest BCUT2D eigenvalue weighted by Crippen LogP contribution is 2.26. The Bertz CT molecular complexity index is 665. The van der Waals surface area contributed by atoms with E-state index in [1.54, 1.807) is 24.4 Å². The summed E-state index contributed by atoms with van der Waals surface area (Å²) in [6.07, 6.45) is 8.66.